The third kappa shape index (κ3) is 1.91. The van der Waals surface area contributed by atoms with Gasteiger partial charge in [0.1, 0.15) is 0 Å². The maximum atomic E-state index is 13.1. The van der Waals surface area contributed by atoms with Gasteiger partial charge >= 0.3 is 0 Å². The Morgan fingerprint density at radius 1 is 0.840 bits per heavy atom. The van der Waals surface area contributed by atoms with Gasteiger partial charge in [0.15, 0.2) is 17.3 Å². The van der Waals surface area contributed by atoms with Gasteiger partial charge < -0.3 is 19.2 Å². The third-order valence-corrected chi connectivity index (χ3v) is 4.46. The van der Waals surface area contributed by atoms with Crippen LogP contribution >= 0.6 is 0 Å². The molecule has 1 aromatic heterocycles. The Morgan fingerprint density at radius 3 is 2.08 bits per heavy atom. The van der Waals surface area contributed by atoms with Crippen LogP contribution in [0.15, 0.2) is 30.3 Å². The smallest absolute Gasteiger partial charge is 0.210 e. The number of nitrogens with one attached hydrogen (secondary N) is 1. The van der Waals surface area contributed by atoms with Gasteiger partial charge in [0, 0.05) is 17.2 Å². The Hall–Kier alpha value is -3.28. The SMILES string of the molecule is COc1cc2[nH]c3c(c2c(OC)c1OC)C(=O)c1ccccc1C3=O. The number of ketones is 2. The van der Waals surface area contributed by atoms with Crippen LogP contribution in [-0.2, 0) is 0 Å². The highest BCUT2D eigenvalue weighted by Gasteiger charge is 2.35. The largest absolute Gasteiger partial charge is 0.493 e. The molecule has 1 aliphatic carbocycles. The molecule has 1 aliphatic rings. The summed E-state index contributed by atoms with van der Waals surface area (Å²) in [4.78, 5) is 28.9. The molecule has 0 spiro atoms. The minimum atomic E-state index is -0.221. The molecule has 25 heavy (non-hydrogen) atoms. The van der Waals surface area contributed by atoms with Crippen molar-refractivity contribution in [3.05, 3.63) is 52.7 Å². The molecule has 0 atom stereocenters. The maximum Gasteiger partial charge on any atom is 0.210 e. The summed E-state index contributed by atoms with van der Waals surface area (Å²) < 4.78 is 16.2. The highest BCUT2D eigenvalue weighted by atomic mass is 16.5. The molecule has 0 aliphatic heterocycles. The second kappa shape index (κ2) is 5.37. The van der Waals surface area contributed by atoms with Crippen molar-refractivity contribution in [2.45, 2.75) is 0 Å². The van der Waals surface area contributed by atoms with E-state index in [0.29, 0.717) is 44.8 Å². The number of carbonyl (C=O) groups excluding carboxylic acids is 2. The van der Waals surface area contributed by atoms with Crippen molar-refractivity contribution in [2.24, 2.45) is 0 Å². The zero-order chi connectivity index (χ0) is 17.7. The second-order valence-corrected chi connectivity index (χ2v) is 5.65. The number of methoxy groups -OCH3 is 3. The van der Waals surface area contributed by atoms with Crippen LogP contribution < -0.4 is 14.2 Å². The molecule has 0 fully saturated rings. The maximum absolute atomic E-state index is 13.1. The van der Waals surface area contributed by atoms with Gasteiger partial charge in [-0.25, -0.2) is 0 Å². The summed E-state index contributed by atoms with van der Waals surface area (Å²) in [5, 5.41) is 0.517. The van der Waals surface area contributed by atoms with Crippen LogP contribution in [0.25, 0.3) is 10.9 Å². The lowest BCUT2D eigenvalue weighted by Crippen LogP contribution is -2.20. The molecule has 2 aromatic carbocycles. The van der Waals surface area contributed by atoms with Crippen LogP contribution in [-0.4, -0.2) is 37.9 Å². The third-order valence-electron chi connectivity index (χ3n) is 4.46. The molecule has 0 radical (unpaired) electrons. The number of aromatic nitrogens is 1. The van der Waals surface area contributed by atoms with Gasteiger partial charge in [-0.05, 0) is 0 Å². The molecule has 0 saturated heterocycles. The summed E-state index contributed by atoms with van der Waals surface area (Å²) >= 11 is 0. The van der Waals surface area contributed by atoms with Crippen molar-refractivity contribution < 1.29 is 23.8 Å². The Morgan fingerprint density at radius 2 is 1.48 bits per heavy atom. The standard InChI is InChI=1S/C19H15NO5/c1-23-12-8-11-13(19(25-3)18(12)24-2)14-15(20-11)17(22)10-7-5-4-6-9(10)16(14)21/h4-8,20H,1-3H3. The fourth-order valence-electron chi connectivity index (χ4n) is 3.37. The molecule has 0 amide bonds. The monoisotopic (exact) mass is 337 g/mol. The zero-order valence-electron chi connectivity index (χ0n) is 13.9. The summed E-state index contributed by atoms with van der Waals surface area (Å²) in [6, 6.07) is 8.49. The second-order valence-electron chi connectivity index (χ2n) is 5.65. The molecule has 1 heterocycles. The van der Waals surface area contributed by atoms with E-state index in [1.165, 1.54) is 21.3 Å². The predicted molar refractivity (Wildman–Crippen MR) is 91.3 cm³/mol. The molecule has 0 bridgehead atoms. The molecule has 4 rings (SSSR count). The first kappa shape index (κ1) is 15.3. The number of fused-ring (bicyclic) bond motifs is 4. The topological polar surface area (TPSA) is 77.6 Å². The normalized spacial score (nSPS) is 12.8. The van der Waals surface area contributed by atoms with E-state index in [9.17, 15) is 9.59 Å². The summed E-state index contributed by atoms with van der Waals surface area (Å²) in [5.74, 6) is 0.736. The lowest BCUT2D eigenvalue weighted by Gasteiger charge is -2.16. The minimum Gasteiger partial charge on any atom is -0.493 e. The van der Waals surface area contributed by atoms with E-state index in [-0.39, 0.29) is 17.3 Å². The summed E-state index contributed by atoms with van der Waals surface area (Å²) in [5.41, 5.74) is 1.92. The van der Waals surface area contributed by atoms with Crippen LogP contribution in [0.2, 0.25) is 0 Å². The Kier molecular flexibility index (Phi) is 3.28. The van der Waals surface area contributed by atoms with E-state index >= 15 is 0 Å². The van der Waals surface area contributed by atoms with Crippen LogP contribution in [0.1, 0.15) is 32.0 Å². The summed E-state index contributed by atoms with van der Waals surface area (Å²) in [7, 11) is 4.49. The number of ether oxygens (including phenoxy) is 3. The quantitative estimate of drug-likeness (QED) is 0.622. The highest BCUT2D eigenvalue weighted by molar-refractivity contribution is 6.32. The van der Waals surface area contributed by atoms with Crippen LogP contribution in [0.3, 0.4) is 0 Å². The number of rotatable bonds is 3. The van der Waals surface area contributed by atoms with Gasteiger partial charge in [-0.3, -0.25) is 9.59 Å². The first-order valence-electron chi connectivity index (χ1n) is 7.65. The van der Waals surface area contributed by atoms with E-state index in [1.54, 1.807) is 30.3 Å². The van der Waals surface area contributed by atoms with Crippen LogP contribution in [0.4, 0.5) is 0 Å². The van der Waals surface area contributed by atoms with Crippen molar-refractivity contribution in [3.8, 4) is 17.2 Å². The number of hydrogen-bond acceptors (Lipinski definition) is 5. The van der Waals surface area contributed by atoms with E-state index < -0.39 is 0 Å². The average molecular weight is 337 g/mol. The van der Waals surface area contributed by atoms with Crippen molar-refractivity contribution in [2.75, 3.05) is 21.3 Å². The highest BCUT2D eigenvalue weighted by Crippen LogP contribution is 2.46. The Balaban J connectivity index is 2.13. The van der Waals surface area contributed by atoms with Gasteiger partial charge in [0.05, 0.1) is 43.5 Å². The van der Waals surface area contributed by atoms with Crippen molar-refractivity contribution in [3.63, 3.8) is 0 Å². The van der Waals surface area contributed by atoms with E-state index in [1.807, 2.05) is 0 Å². The lowest BCUT2D eigenvalue weighted by molar-refractivity contribution is 0.0978. The number of H-pyrrole nitrogens is 1. The molecule has 3 aromatic rings. The van der Waals surface area contributed by atoms with Gasteiger partial charge in [0.25, 0.3) is 0 Å². The van der Waals surface area contributed by atoms with E-state index in [4.69, 9.17) is 14.2 Å². The van der Waals surface area contributed by atoms with Crippen molar-refractivity contribution in [1.29, 1.82) is 0 Å². The zero-order valence-corrected chi connectivity index (χ0v) is 13.9. The Labute approximate surface area is 143 Å². The molecule has 126 valence electrons. The van der Waals surface area contributed by atoms with Gasteiger partial charge in [-0.2, -0.15) is 0 Å². The molecule has 1 N–H and O–H groups in total. The predicted octanol–water partition coefficient (Wildman–Crippen LogP) is 2.97. The molecule has 0 saturated carbocycles. The van der Waals surface area contributed by atoms with Crippen LogP contribution in [0, 0.1) is 0 Å². The first-order valence-corrected chi connectivity index (χ1v) is 7.65. The number of aromatic amines is 1. The molecular formula is C19H15NO5. The number of benzene rings is 2. The van der Waals surface area contributed by atoms with Gasteiger partial charge in [0.2, 0.25) is 11.5 Å². The minimum absolute atomic E-state index is 0.220. The fraction of sp³-hybridized carbons (Fsp3) is 0.158. The van der Waals surface area contributed by atoms with Crippen LogP contribution in [0.5, 0.6) is 17.2 Å². The van der Waals surface area contributed by atoms with E-state index in [0.717, 1.165) is 0 Å². The van der Waals surface area contributed by atoms with Gasteiger partial charge in [-0.15, -0.1) is 0 Å². The molecule has 0 unspecified atom stereocenters. The van der Waals surface area contributed by atoms with Crippen molar-refractivity contribution >= 4 is 22.5 Å². The summed E-state index contributed by atoms with van der Waals surface area (Å²) in [6.07, 6.45) is 0. The van der Waals surface area contributed by atoms with Crippen molar-refractivity contribution in [1.82, 2.24) is 4.98 Å². The van der Waals surface area contributed by atoms with E-state index in [2.05, 4.69) is 4.98 Å². The number of hydrogen-bond donors (Lipinski definition) is 1. The lowest BCUT2D eigenvalue weighted by atomic mass is 9.87. The Bertz CT molecular complexity index is 1050. The molecular weight excluding hydrogens is 322 g/mol. The molecule has 6 heteroatoms. The first-order chi connectivity index (χ1) is 12.1. The molecule has 6 nitrogen and oxygen atoms in total. The fourth-order valence-corrected chi connectivity index (χ4v) is 3.37. The average Bonchev–Trinajstić information content (AvgIpc) is 3.04. The summed E-state index contributed by atoms with van der Waals surface area (Å²) in [6.45, 7) is 0. The van der Waals surface area contributed by atoms with Gasteiger partial charge in [-0.1, -0.05) is 24.3 Å². The number of carbonyl (C=O) groups is 2.